The molecule has 5 aromatic heterocycles. The molecule has 10 nitrogen and oxygen atoms in total. The Bertz CT molecular complexity index is 4260. The van der Waals surface area contributed by atoms with E-state index in [1.165, 1.54) is 73.9 Å². The van der Waals surface area contributed by atoms with Crippen LogP contribution in [0.2, 0.25) is 0 Å². The number of rotatable bonds is 6. The number of imidazole rings is 1. The molecule has 390 valence electrons. The Morgan fingerprint density at radius 1 is 0.494 bits per heavy atom. The quantitative estimate of drug-likeness (QED) is 0.0979. The van der Waals surface area contributed by atoms with E-state index < -0.39 is 11.9 Å². The van der Waals surface area contributed by atoms with Crippen LogP contribution < -0.4 is 26.8 Å². The molecule has 19 heteroatoms. The average molecular weight is 1550 g/mol. The van der Waals surface area contributed by atoms with Crippen molar-refractivity contribution in [2.75, 3.05) is 9.80 Å². The Labute approximate surface area is 540 Å². The van der Waals surface area contributed by atoms with Crippen LogP contribution in [-0.4, -0.2) is 97.0 Å². The summed E-state index contributed by atoms with van der Waals surface area (Å²) in [6.45, 7) is 2.01. The number of halogens is 5. The molecule has 14 rings (SSSR count). The number of para-hydroxylation sites is 10. The molecule has 0 fully saturated rings. The van der Waals surface area contributed by atoms with Crippen molar-refractivity contribution >= 4 is 178 Å². The first kappa shape index (κ1) is 60.0. The Morgan fingerprint density at radius 3 is 1.62 bits per heavy atom. The van der Waals surface area contributed by atoms with Crippen LogP contribution in [0.25, 0.3) is 77.7 Å². The minimum Gasteiger partial charge on any atom is 2.00 e. The molecule has 0 bridgehead atoms. The largest absolute Gasteiger partial charge is 2.00 e. The summed E-state index contributed by atoms with van der Waals surface area (Å²) in [5.74, 6) is 2.22. The number of benzene rings is 8. The fourth-order valence-corrected chi connectivity index (χ4v) is 9.93. The van der Waals surface area contributed by atoms with Gasteiger partial charge in [-0.15, -0.1) is 29.9 Å². The number of aromatic nitrogens is 6. The van der Waals surface area contributed by atoms with Gasteiger partial charge in [-0.1, -0.05) is 103 Å². The van der Waals surface area contributed by atoms with Gasteiger partial charge in [-0.05, 0) is 102 Å². The monoisotopic (exact) mass is 1550 g/mol. The Hall–Kier alpha value is -3.57. The van der Waals surface area contributed by atoms with Crippen molar-refractivity contribution in [2.24, 2.45) is 0 Å². The predicted octanol–water partition coefficient (Wildman–Crippen LogP) is 12.2. The summed E-state index contributed by atoms with van der Waals surface area (Å²) in [6.07, 6.45) is 5.68. The minimum absolute atomic E-state index is 0. The number of nitrogens with zero attached hydrogens (tertiary/aromatic N) is 8. The third-order valence-electron chi connectivity index (χ3n) is 13.1. The van der Waals surface area contributed by atoms with Crippen LogP contribution in [0.4, 0.5) is 22.7 Å². The van der Waals surface area contributed by atoms with E-state index in [4.69, 9.17) is 37.7 Å². The number of pyridine rings is 2. The molecule has 0 saturated heterocycles. The summed E-state index contributed by atoms with van der Waals surface area (Å²) < 4.78 is 8.58. The minimum atomic E-state index is -3.06. The van der Waals surface area contributed by atoms with Gasteiger partial charge in [-0.25, -0.2) is 9.97 Å². The summed E-state index contributed by atoms with van der Waals surface area (Å²) in [7, 11) is 20.0. The van der Waals surface area contributed by atoms with Gasteiger partial charge < -0.3 is 37.0 Å². The summed E-state index contributed by atoms with van der Waals surface area (Å²) in [5, 5.41) is 25.8. The van der Waals surface area contributed by atoms with Gasteiger partial charge in [-0.2, -0.15) is 15.2 Å². The van der Waals surface area contributed by atoms with E-state index in [2.05, 4.69) is 138 Å². The van der Waals surface area contributed by atoms with Crippen LogP contribution in [0.5, 0.6) is 11.5 Å². The third kappa shape index (κ3) is 12.5. The first-order valence-electron chi connectivity index (χ1n) is 24.5. The van der Waals surface area contributed by atoms with Crippen molar-refractivity contribution in [3.05, 3.63) is 244 Å². The number of fused-ring (bicyclic) bond motifs is 8. The van der Waals surface area contributed by atoms with Crippen LogP contribution in [-0.2, 0) is 33.0 Å². The van der Waals surface area contributed by atoms with Gasteiger partial charge in [-0.3, -0.25) is 4.57 Å². The van der Waals surface area contributed by atoms with Gasteiger partial charge in [0, 0.05) is 46.1 Å². The molecule has 6 heterocycles. The molecule has 0 atom stereocenters. The normalized spacial score (nSPS) is 11.9. The van der Waals surface area contributed by atoms with Crippen LogP contribution in [0.15, 0.2) is 231 Å². The van der Waals surface area contributed by atoms with Crippen LogP contribution >= 0.6 is 37.7 Å². The van der Waals surface area contributed by atoms with Crippen molar-refractivity contribution in [3.63, 3.8) is 0 Å². The first-order valence-corrected chi connectivity index (χ1v) is 51.8. The molecule has 1 aliphatic heterocycles. The molecule has 8 aromatic carbocycles. The van der Waals surface area contributed by atoms with E-state index >= 15 is 0 Å². The van der Waals surface area contributed by atoms with E-state index in [9.17, 15) is 10.2 Å². The fourth-order valence-electron chi connectivity index (χ4n) is 9.93. The third-order valence-corrected chi connectivity index (χ3v) is 13.1. The van der Waals surface area contributed by atoms with Crippen molar-refractivity contribution in [1.82, 2.24) is 23.7 Å². The zero-order chi connectivity index (χ0) is 53.2. The van der Waals surface area contributed by atoms with Crippen molar-refractivity contribution in [3.8, 4) is 34.5 Å². The van der Waals surface area contributed by atoms with Crippen molar-refractivity contribution < 1.29 is 60.1 Å². The summed E-state index contributed by atoms with van der Waals surface area (Å²) in [4.78, 5) is 13.4. The average Bonchev–Trinajstić information content (AvgIpc) is 4.35. The number of phenolic OH excluding ortho intramolecular Hbond substituents is 2. The SMILES string of the molecule is Oc1ccccc1-[n+]1cn(-c2ccc3c4ccccc4n(-c4ccccn4)c3c2)c2ccccc21.Oc1ccccc1N1[CH-]N(c2[c-]c3c(cc2)c2ccccc2n3-c2ccccn2)c2ccccc21.[Cl-].[Cl][Pt]([Cl])([Cl])[Cl].[K][K].[Pt+2]. The predicted molar refractivity (Wildman–Crippen MR) is 314 cm³/mol. The summed E-state index contributed by atoms with van der Waals surface area (Å²) in [6, 6.07) is 74.4. The maximum Gasteiger partial charge on any atom is 2.00 e. The van der Waals surface area contributed by atoms with E-state index in [-0.39, 0.29) is 45.0 Å². The van der Waals surface area contributed by atoms with Gasteiger partial charge in [0.1, 0.15) is 23.1 Å². The first-order chi connectivity index (χ1) is 37.6. The molecule has 13 aromatic rings. The van der Waals surface area contributed by atoms with E-state index in [1.807, 2.05) is 132 Å². The molecule has 0 aliphatic carbocycles. The molecular weight excluding hydrogens is 1510 g/mol. The second kappa shape index (κ2) is 26.8. The van der Waals surface area contributed by atoms with E-state index in [1.54, 1.807) is 12.1 Å². The molecule has 79 heavy (non-hydrogen) atoms. The fraction of sp³-hybridized carbons (Fsp3) is 0. The number of phenols is 2. The number of hydrogen-bond acceptors (Lipinski definition) is 6. The second-order valence-corrected chi connectivity index (χ2v) is 37.0. The number of anilines is 4. The zero-order valence-corrected chi connectivity index (χ0v) is 56.6. The van der Waals surface area contributed by atoms with Crippen LogP contribution in [0.1, 0.15) is 0 Å². The molecule has 0 amide bonds. The van der Waals surface area contributed by atoms with Gasteiger partial charge in [0.15, 0.2) is 22.5 Å². The standard InChI is InChI=1S/2C30H20N4O.5ClH.2K.2Pt/c2*35-29-14-6-5-13-27(29)33-20-32(25-11-3-4-12-26(25)33)21-16-17-23-22-9-1-2-10-24(22)34(28(23)19-21)30-15-7-8-18-31-30;;;;;;;;;/h1-18,20,35H;1-20H;5*1H;;;;/q-2;;;;;;;;;+2;+4/p-4. The van der Waals surface area contributed by atoms with Crippen molar-refractivity contribution in [2.45, 2.75) is 0 Å². The Balaban J connectivity index is 0.000000168. The Kier molecular flexibility index (Phi) is 20.3. The number of hydrogen-bond donors (Lipinski definition) is 2. The molecular formula is C60H41Cl5K2N8O2Pt2. The van der Waals surface area contributed by atoms with Crippen LogP contribution in [0, 0.1) is 12.7 Å². The van der Waals surface area contributed by atoms with E-state index in [0.717, 1.165) is 89.6 Å². The zero-order valence-electron chi connectivity index (χ0n) is 42.0. The Morgan fingerprint density at radius 2 is 0.987 bits per heavy atom. The molecule has 0 radical (unpaired) electrons. The second-order valence-electron chi connectivity index (χ2n) is 17.3. The molecule has 1 aliphatic rings. The summed E-state index contributed by atoms with van der Waals surface area (Å²) >= 11 is -0.556. The number of aromatic hydroxyl groups is 2. The molecule has 0 saturated carbocycles. The summed E-state index contributed by atoms with van der Waals surface area (Å²) in [5.41, 5.74) is 11.8. The maximum absolute atomic E-state index is 10.5. The van der Waals surface area contributed by atoms with Crippen molar-refractivity contribution in [1.29, 1.82) is 0 Å². The van der Waals surface area contributed by atoms with E-state index in [0.29, 0.717) is 0 Å². The topological polar surface area (TPSA) is 91.4 Å². The molecule has 2 N–H and O–H groups in total. The smallest absolute Gasteiger partial charge is 2.00 e. The van der Waals surface area contributed by atoms with Gasteiger partial charge >= 0.3 is 134 Å². The maximum atomic E-state index is 10.5. The van der Waals surface area contributed by atoms with Gasteiger partial charge in [0.25, 0.3) is 6.33 Å². The van der Waals surface area contributed by atoms with Crippen LogP contribution in [0.3, 0.4) is 0 Å². The van der Waals surface area contributed by atoms with Gasteiger partial charge in [0.05, 0.1) is 16.7 Å². The van der Waals surface area contributed by atoms with Gasteiger partial charge in [0.2, 0.25) is 0 Å². The molecule has 0 spiro atoms. The molecule has 0 unspecified atom stereocenters.